The van der Waals surface area contributed by atoms with Crippen molar-refractivity contribution in [3.05, 3.63) is 71.8 Å². The van der Waals surface area contributed by atoms with Gasteiger partial charge in [-0.3, -0.25) is 4.79 Å². The molecule has 0 saturated carbocycles. The van der Waals surface area contributed by atoms with Gasteiger partial charge in [0.15, 0.2) is 0 Å². The highest BCUT2D eigenvalue weighted by Crippen LogP contribution is 2.18. The number of carbonyl (C=O) groups excluding carboxylic acids is 2. The molecule has 2 aromatic rings. The Morgan fingerprint density at radius 1 is 0.900 bits per heavy atom. The molecule has 0 N–H and O–H groups in total. The van der Waals surface area contributed by atoms with E-state index in [1.165, 1.54) is 0 Å². The van der Waals surface area contributed by atoms with Crippen LogP contribution in [0.1, 0.15) is 38.3 Å². The Hall–Kier alpha value is -2.82. The van der Waals surface area contributed by atoms with Crippen molar-refractivity contribution in [2.75, 3.05) is 19.8 Å². The quantitative estimate of drug-likeness (QED) is 0.483. The van der Waals surface area contributed by atoms with Gasteiger partial charge in [0.05, 0.1) is 19.6 Å². The summed E-state index contributed by atoms with van der Waals surface area (Å²) in [6.45, 7) is 7.38. The van der Waals surface area contributed by atoms with E-state index < -0.39 is 0 Å². The smallest absolute Gasteiger partial charge is 0.410 e. The molecule has 1 unspecified atom stereocenters. The highest BCUT2D eigenvalue weighted by atomic mass is 16.6. The number of nitrogens with zero attached hydrogens (tertiary/aromatic N) is 1. The molecule has 5 heteroatoms. The van der Waals surface area contributed by atoms with E-state index in [2.05, 4.69) is 0 Å². The molecule has 0 fully saturated rings. The fraction of sp³-hybridized carbons (Fsp3) is 0.440. The second kappa shape index (κ2) is 12.7. The normalized spacial score (nSPS) is 11.7. The maximum atomic E-state index is 12.6. The minimum Gasteiger partial charge on any atom is -0.465 e. The number of esters is 1. The second-order valence-corrected chi connectivity index (χ2v) is 7.90. The maximum Gasteiger partial charge on any atom is 0.410 e. The summed E-state index contributed by atoms with van der Waals surface area (Å²) in [5.74, 6) is -0.0102. The van der Waals surface area contributed by atoms with Crippen LogP contribution in [0.15, 0.2) is 60.7 Å². The average Bonchev–Trinajstić information content (AvgIpc) is 2.73. The summed E-state index contributed by atoms with van der Waals surface area (Å²) in [6, 6.07) is 19.8. The number of rotatable bonds is 11. The van der Waals surface area contributed by atoms with Crippen molar-refractivity contribution < 1.29 is 19.1 Å². The molecule has 30 heavy (non-hydrogen) atoms. The molecule has 1 amide bonds. The number of hydrogen-bond acceptors (Lipinski definition) is 4. The van der Waals surface area contributed by atoms with E-state index in [0.717, 1.165) is 11.1 Å². The Morgan fingerprint density at radius 2 is 1.50 bits per heavy atom. The summed E-state index contributed by atoms with van der Waals surface area (Å²) in [6.07, 6.45) is 0.573. The van der Waals surface area contributed by atoms with Gasteiger partial charge in [-0.05, 0) is 36.3 Å². The molecule has 0 aromatic heterocycles. The number of ether oxygens (including phenoxy) is 2. The zero-order chi connectivity index (χ0) is 21.8. The summed E-state index contributed by atoms with van der Waals surface area (Å²) >= 11 is 0. The first-order chi connectivity index (χ1) is 14.5. The van der Waals surface area contributed by atoms with Gasteiger partial charge in [0, 0.05) is 13.1 Å². The largest absolute Gasteiger partial charge is 0.465 e. The predicted molar refractivity (Wildman–Crippen MR) is 118 cm³/mol. The molecule has 0 saturated heterocycles. The summed E-state index contributed by atoms with van der Waals surface area (Å²) in [4.78, 5) is 26.7. The third-order valence-electron chi connectivity index (χ3n) is 4.62. The zero-order valence-corrected chi connectivity index (χ0v) is 18.3. The van der Waals surface area contributed by atoms with E-state index in [-0.39, 0.29) is 30.3 Å². The molecule has 1 atom stereocenters. The van der Waals surface area contributed by atoms with Gasteiger partial charge < -0.3 is 14.4 Å². The Bertz CT molecular complexity index is 761. The van der Waals surface area contributed by atoms with Crippen LogP contribution in [0.2, 0.25) is 0 Å². The van der Waals surface area contributed by atoms with E-state index >= 15 is 0 Å². The van der Waals surface area contributed by atoms with E-state index in [1.807, 2.05) is 74.5 Å². The number of amides is 1. The maximum absolute atomic E-state index is 12.6. The standard InChI is InChI=1S/C25H33NO4/c1-4-29-25(28)26(17-22-13-9-6-10-14-22)18-23(15-21-11-7-5-8-12-21)16-24(27)30-19-20(2)3/h5-14,20,23H,4,15-19H2,1-3H3. The first kappa shape index (κ1) is 23.5. The van der Waals surface area contributed by atoms with Gasteiger partial charge in [-0.2, -0.15) is 0 Å². The Morgan fingerprint density at radius 3 is 2.07 bits per heavy atom. The van der Waals surface area contributed by atoms with Crippen molar-refractivity contribution >= 4 is 12.1 Å². The molecule has 0 aliphatic carbocycles. The van der Waals surface area contributed by atoms with Gasteiger partial charge in [-0.1, -0.05) is 74.5 Å². The third-order valence-corrected chi connectivity index (χ3v) is 4.62. The number of benzene rings is 2. The van der Waals surface area contributed by atoms with Crippen molar-refractivity contribution in [1.29, 1.82) is 0 Å². The molecule has 5 nitrogen and oxygen atoms in total. The second-order valence-electron chi connectivity index (χ2n) is 7.90. The molecule has 0 spiro atoms. The van der Waals surface area contributed by atoms with Crippen LogP contribution in [-0.4, -0.2) is 36.7 Å². The van der Waals surface area contributed by atoms with Crippen molar-refractivity contribution in [2.45, 2.75) is 40.2 Å². The van der Waals surface area contributed by atoms with Crippen LogP contribution in [0.4, 0.5) is 4.79 Å². The molecule has 0 aliphatic rings. The summed E-state index contributed by atoms with van der Waals surface area (Å²) in [7, 11) is 0. The topological polar surface area (TPSA) is 55.8 Å². The van der Waals surface area contributed by atoms with Crippen LogP contribution in [0, 0.1) is 11.8 Å². The Labute approximate surface area is 180 Å². The van der Waals surface area contributed by atoms with Crippen LogP contribution in [0.25, 0.3) is 0 Å². The molecular weight excluding hydrogens is 378 g/mol. The van der Waals surface area contributed by atoms with Crippen molar-refractivity contribution in [1.82, 2.24) is 4.90 Å². The molecule has 2 rings (SSSR count). The fourth-order valence-electron chi connectivity index (χ4n) is 3.24. The van der Waals surface area contributed by atoms with Crippen LogP contribution < -0.4 is 0 Å². The van der Waals surface area contributed by atoms with Crippen LogP contribution in [0.3, 0.4) is 0 Å². The lowest BCUT2D eigenvalue weighted by atomic mass is 9.95. The first-order valence-electron chi connectivity index (χ1n) is 10.6. The van der Waals surface area contributed by atoms with E-state index in [4.69, 9.17) is 9.47 Å². The number of hydrogen-bond donors (Lipinski definition) is 0. The van der Waals surface area contributed by atoms with Gasteiger partial charge in [0.25, 0.3) is 0 Å². The predicted octanol–water partition coefficient (Wildman–Crippen LogP) is 5.09. The molecule has 0 radical (unpaired) electrons. The summed E-state index contributed by atoms with van der Waals surface area (Å²) < 4.78 is 10.7. The molecule has 0 heterocycles. The number of carbonyl (C=O) groups is 2. The van der Waals surface area contributed by atoms with Crippen molar-refractivity contribution in [2.24, 2.45) is 11.8 Å². The Balaban J connectivity index is 2.14. The molecule has 0 aliphatic heterocycles. The zero-order valence-electron chi connectivity index (χ0n) is 18.3. The van der Waals surface area contributed by atoms with Crippen LogP contribution >= 0.6 is 0 Å². The highest BCUT2D eigenvalue weighted by Gasteiger charge is 2.23. The first-order valence-corrected chi connectivity index (χ1v) is 10.6. The van der Waals surface area contributed by atoms with Gasteiger partial charge in [-0.15, -0.1) is 0 Å². The molecule has 162 valence electrons. The summed E-state index contributed by atoms with van der Waals surface area (Å²) in [5.41, 5.74) is 2.15. The highest BCUT2D eigenvalue weighted by molar-refractivity contribution is 5.70. The molecule has 2 aromatic carbocycles. The molecule has 0 bridgehead atoms. The van der Waals surface area contributed by atoms with Crippen molar-refractivity contribution in [3.63, 3.8) is 0 Å². The lowest BCUT2D eigenvalue weighted by molar-refractivity contribution is -0.146. The minimum absolute atomic E-state index is 0.0693. The average molecular weight is 412 g/mol. The minimum atomic E-state index is -0.366. The van der Waals surface area contributed by atoms with Gasteiger partial charge >= 0.3 is 12.1 Å². The third kappa shape index (κ3) is 8.68. The van der Waals surface area contributed by atoms with Gasteiger partial charge in [0.2, 0.25) is 0 Å². The van der Waals surface area contributed by atoms with Crippen LogP contribution in [-0.2, 0) is 27.2 Å². The van der Waals surface area contributed by atoms with E-state index in [9.17, 15) is 9.59 Å². The fourth-order valence-corrected chi connectivity index (χ4v) is 3.24. The van der Waals surface area contributed by atoms with Crippen LogP contribution in [0.5, 0.6) is 0 Å². The Kier molecular flexibility index (Phi) is 9.92. The van der Waals surface area contributed by atoms with Gasteiger partial charge in [-0.25, -0.2) is 4.79 Å². The van der Waals surface area contributed by atoms with Crippen molar-refractivity contribution in [3.8, 4) is 0 Å². The molecular formula is C25H33NO4. The van der Waals surface area contributed by atoms with E-state index in [0.29, 0.717) is 32.7 Å². The monoisotopic (exact) mass is 411 g/mol. The lowest BCUT2D eigenvalue weighted by Crippen LogP contribution is -2.37. The lowest BCUT2D eigenvalue weighted by Gasteiger charge is -2.27. The van der Waals surface area contributed by atoms with Gasteiger partial charge in [0.1, 0.15) is 0 Å². The SMILES string of the molecule is CCOC(=O)N(Cc1ccccc1)CC(CC(=O)OCC(C)C)Cc1ccccc1. The summed E-state index contributed by atoms with van der Waals surface area (Å²) in [5, 5.41) is 0. The van der Waals surface area contributed by atoms with E-state index in [1.54, 1.807) is 11.8 Å².